The number of likely N-dealkylation sites (tertiary alicyclic amines) is 1. The Kier molecular flexibility index (Phi) is 9.45. The van der Waals surface area contributed by atoms with Crippen molar-refractivity contribution in [2.24, 2.45) is 5.92 Å². The molecule has 3 aliphatic rings. The molecule has 2 saturated heterocycles. The number of nitrogens with two attached hydrogens (primary N) is 1. The standard InChI is InChI=1S/C38H46N4O6Si/c1-6-19-42-32-18-13-27(40-36(45)25-9-11-26(39)12-10-25)21-31(32)38(37(42)46)24(2)35(49(4,5)30-16-14-29(47-3)15-17-30)33(48-38)22-34(44)41-20-7-8-28(41)23-43/h6,9-18,21,24,28,33,35,43H,1,7-8,19-20,22-23,39H2,2-5H3,(H,40,45)/t24-,28+,33+,35-,38+/m1/s1. The Morgan fingerprint density at radius 1 is 1.14 bits per heavy atom. The SMILES string of the molecule is C=CCN1C(=O)[C@@]2(O[C@@H](CC(=O)N3CCC[C@H]3CO)[C@H]([Si](C)(C)c3ccc(OC)cc3)[C@H]2C)c2cc(NC(=O)c3ccc(N)cc3)ccc21. The van der Waals surface area contributed by atoms with Gasteiger partial charge in [0.2, 0.25) is 5.91 Å². The maximum atomic E-state index is 14.8. The molecule has 6 rings (SSSR count). The number of rotatable bonds is 10. The van der Waals surface area contributed by atoms with E-state index in [1.807, 2.05) is 24.3 Å². The topological polar surface area (TPSA) is 134 Å². The summed E-state index contributed by atoms with van der Waals surface area (Å²) in [5.41, 5.74) is 7.18. The lowest BCUT2D eigenvalue weighted by Gasteiger charge is -2.37. The Bertz CT molecular complexity index is 1750. The molecule has 49 heavy (non-hydrogen) atoms. The summed E-state index contributed by atoms with van der Waals surface area (Å²) >= 11 is 0. The summed E-state index contributed by atoms with van der Waals surface area (Å²) < 4.78 is 12.6. The third-order valence-electron chi connectivity index (χ3n) is 10.9. The second-order valence-electron chi connectivity index (χ2n) is 13.9. The van der Waals surface area contributed by atoms with Gasteiger partial charge in [-0.15, -0.1) is 6.58 Å². The number of carbonyl (C=O) groups excluding carboxylic acids is 3. The Morgan fingerprint density at radius 3 is 2.51 bits per heavy atom. The van der Waals surface area contributed by atoms with Crippen molar-refractivity contribution >= 4 is 48.0 Å². The van der Waals surface area contributed by atoms with Gasteiger partial charge in [-0.05, 0) is 73.0 Å². The van der Waals surface area contributed by atoms with Crippen LogP contribution in [0.25, 0.3) is 0 Å². The number of benzene rings is 3. The molecule has 4 N–H and O–H groups in total. The van der Waals surface area contributed by atoms with E-state index in [2.05, 4.69) is 44.0 Å². The first-order valence-corrected chi connectivity index (χ1v) is 20.0. The maximum Gasteiger partial charge on any atom is 0.264 e. The van der Waals surface area contributed by atoms with Crippen molar-refractivity contribution in [3.63, 3.8) is 0 Å². The molecule has 3 amide bonds. The van der Waals surface area contributed by atoms with E-state index in [4.69, 9.17) is 15.2 Å². The number of nitrogens with one attached hydrogen (secondary N) is 1. The van der Waals surface area contributed by atoms with Crippen LogP contribution in [-0.2, 0) is 19.9 Å². The molecule has 1 spiro atoms. The third-order valence-corrected chi connectivity index (χ3v) is 15.2. The van der Waals surface area contributed by atoms with Crippen LogP contribution in [0.2, 0.25) is 18.6 Å². The largest absolute Gasteiger partial charge is 0.497 e. The molecule has 11 heteroatoms. The number of ether oxygens (including phenoxy) is 2. The van der Waals surface area contributed by atoms with Crippen molar-refractivity contribution in [1.82, 2.24) is 4.90 Å². The first kappa shape index (κ1) is 34.4. The van der Waals surface area contributed by atoms with Crippen LogP contribution in [0.3, 0.4) is 0 Å². The normalized spacial score (nSPS) is 24.7. The highest BCUT2D eigenvalue weighted by molar-refractivity contribution is 6.91. The van der Waals surface area contributed by atoms with Gasteiger partial charge in [0.05, 0.1) is 46.0 Å². The van der Waals surface area contributed by atoms with Crippen LogP contribution >= 0.6 is 0 Å². The molecule has 0 aromatic heterocycles. The van der Waals surface area contributed by atoms with Crippen molar-refractivity contribution < 1.29 is 29.0 Å². The smallest absolute Gasteiger partial charge is 0.264 e. The molecule has 258 valence electrons. The van der Waals surface area contributed by atoms with Crippen molar-refractivity contribution in [2.45, 2.75) is 62.6 Å². The number of aliphatic hydroxyl groups is 1. The molecule has 2 fully saturated rings. The number of hydrogen-bond acceptors (Lipinski definition) is 7. The van der Waals surface area contributed by atoms with Crippen LogP contribution in [0.1, 0.15) is 42.1 Å². The number of fused-ring (bicyclic) bond motifs is 2. The molecular weight excluding hydrogens is 637 g/mol. The Balaban J connectivity index is 1.43. The molecule has 3 aliphatic heterocycles. The van der Waals surface area contributed by atoms with E-state index in [-0.39, 0.29) is 54.8 Å². The minimum atomic E-state index is -2.48. The lowest BCUT2D eigenvalue weighted by molar-refractivity contribution is -0.149. The van der Waals surface area contributed by atoms with Gasteiger partial charge in [-0.1, -0.05) is 43.4 Å². The molecule has 0 unspecified atom stereocenters. The van der Waals surface area contributed by atoms with Crippen LogP contribution < -0.4 is 25.9 Å². The van der Waals surface area contributed by atoms with E-state index in [0.29, 0.717) is 34.7 Å². The Labute approximate surface area is 288 Å². The monoisotopic (exact) mass is 682 g/mol. The summed E-state index contributed by atoms with van der Waals surface area (Å²) in [5.74, 6) is -0.158. The minimum absolute atomic E-state index is 0.0755. The second-order valence-corrected chi connectivity index (χ2v) is 18.6. The van der Waals surface area contributed by atoms with Crippen LogP contribution in [-0.4, -0.2) is 74.8 Å². The number of nitrogens with zero attached hydrogens (tertiary/aromatic N) is 2. The fraction of sp³-hybridized carbons (Fsp3) is 0.395. The molecular formula is C38H46N4O6Si. The zero-order valence-electron chi connectivity index (χ0n) is 28.6. The van der Waals surface area contributed by atoms with E-state index in [9.17, 15) is 19.5 Å². The zero-order valence-corrected chi connectivity index (χ0v) is 29.6. The summed E-state index contributed by atoms with van der Waals surface area (Å²) in [6.07, 6.45) is 2.81. The number of anilines is 3. The molecule has 0 radical (unpaired) electrons. The fourth-order valence-corrected chi connectivity index (χ4v) is 12.4. The van der Waals surface area contributed by atoms with Crippen molar-refractivity contribution in [3.8, 4) is 5.75 Å². The van der Waals surface area contributed by atoms with E-state index < -0.39 is 19.8 Å². The molecule has 3 aromatic carbocycles. The fourth-order valence-electron chi connectivity index (χ4n) is 8.38. The summed E-state index contributed by atoms with van der Waals surface area (Å²) in [4.78, 5) is 45.4. The zero-order chi connectivity index (χ0) is 35.1. The number of amides is 3. The van der Waals surface area contributed by atoms with Crippen LogP contribution in [0.4, 0.5) is 17.1 Å². The van der Waals surface area contributed by atoms with Gasteiger partial charge in [0.1, 0.15) is 5.75 Å². The van der Waals surface area contributed by atoms with E-state index in [0.717, 1.165) is 23.8 Å². The molecule has 0 saturated carbocycles. The predicted molar refractivity (Wildman–Crippen MR) is 194 cm³/mol. The quantitative estimate of drug-likeness (QED) is 0.161. The summed E-state index contributed by atoms with van der Waals surface area (Å²) in [6, 6.07) is 20.0. The Hall–Kier alpha value is -4.45. The highest BCUT2D eigenvalue weighted by atomic mass is 28.3. The maximum absolute atomic E-state index is 14.8. The van der Waals surface area contributed by atoms with Crippen molar-refractivity contribution in [3.05, 3.63) is 90.5 Å². The molecule has 3 heterocycles. The number of hydrogen-bond donors (Lipinski definition) is 3. The molecule has 0 aliphatic carbocycles. The third kappa shape index (κ3) is 5.93. The number of methoxy groups -OCH3 is 1. The van der Waals surface area contributed by atoms with E-state index in [1.54, 1.807) is 53.3 Å². The van der Waals surface area contributed by atoms with Gasteiger partial charge in [0, 0.05) is 41.5 Å². The van der Waals surface area contributed by atoms with Crippen molar-refractivity contribution in [1.29, 1.82) is 0 Å². The van der Waals surface area contributed by atoms with E-state index in [1.165, 1.54) is 0 Å². The van der Waals surface area contributed by atoms with Gasteiger partial charge in [-0.2, -0.15) is 0 Å². The van der Waals surface area contributed by atoms with Crippen LogP contribution in [0.15, 0.2) is 79.4 Å². The van der Waals surface area contributed by atoms with Crippen LogP contribution in [0.5, 0.6) is 5.75 Å². The van der Waals surface area contributed by atoms with E-state index >= 15 is 0 Å². The van der Waals surface area contributed by atoms with Crippen molar-refractivity contribution in [2.75, 3.05) is 42.8 Å². The molecule has 10 nitrogen and oxygen atoms in total. The van der Waals surface area contributed by atoms with Crippen LogP contribution in [0, 0.1) is 5.92 Å². The first-order valence-electron chi connectivity index (χ1n) is 16.9. The van der Waals surface area contributed by atoms with Gasteiger partial charge in [-0.3, -0.25) is 14.4 Å². The lowest BCUT2D eigenvalue weighted by atomic mass is 9.82. The summed E-state index contributed by atoms with van der Waals surface area (Å²) in [6.45, 7) is 11.3. The number of nitrogen functional groups attached to an aromatic ring is 1. The number of carbonyl (C=O) groups is 3. The van der Waals surface area contributed by atoms with Gasteiger partial charge in [0.15, 0.2) is 5.60 Å². The van der Waals surface area contributed by atoms with Gasteiger partial charge >= 0.3 is 0 Å². The minimum Gasteiger partial charge on any atom is -0.497 e. The highest BCUT2D eigenvalue weighted by Crippen LogP contribution is 2.60. The average Bonchev–Trinajstić information content (AvgIpc) is 3.76. The molecule has 0 bridgehead atoms. The summed E-state index contributed by atoms with van der Waals surface area (Å²) in [7, 11) is -0.848. The first-order chi connectivity index (χ1) is 23.5. The predicted octanol–water partition coefficient (Wildman–Crippen LogP) is 4.65. The number of aliphatic hydroxyl groups excluding tert-OH is 1. The second kappa shape index (κ2) is 13.5. The lowest BCUT2D eigenvalue weighted by Crippen LogP contribution is -2.52. The Morgan fingerprint density at radius 2 is 1.86 bits per heavy atom. The average molecular weight is 683 g/mol. The molecule has 5 atom stereocenters. The highest BCUT2D eigenvalue weighted by Gasteiger charge is 2.66. The summed E-state index contributed by atoms with van der Waals surface area (Å²) in [5, 5.41) is 14.2. The molecule has 3 aromatic rings. The van der Waals surface area contributed by atoms with Gasteiger partial charge < -0.3 is 35.4 Å². The van der Waals surface area contributed by atoms with Gasteiger partial charge in [-0.25, -0.2) is 0 Å². The van der Waals surface area contributed by atoms with Gasteiger partial charge in [0.25, 0.3) is 11.8 Å².